The Balaban J connectivity index is 3.06. The average Bonchev–Trinajstić information content (AvgIpc) is 2.43. The number of aliphatic hydroxyl groups excluding tert-OH is 1. The number of carboxylic acid groups (broad SMARTS) is 2. The third kappa shape index (κ3) is 3.73. The highest BCUT2D eigenvalue weighted by atomic mass is 16.6. The number of benzene rings is 1. The fraction of sp³-hybridized carbons (Fsp3) is 0.182. The van der Waals surface area contributed by atoms with E-state index >= 15 is 0 Å². The Kier molecular flexibility index (Phi) is 4.91. The summed E-state index contributed by atoms with van der Waals surface area (Å²) < 4.78 is 4.34. The molecule has 1 aromatic carbocycles. The molecule has 1 aromatic rings. The van der Waals surface area contributed by atoms with Gasteiger partial charge in [-0.3, -0.25) is 10.1 Å². The molecule has 2 unspecified atom stereocenters. The number of carboxylic acids is 2. The van der Waals surface area contributed by atoms with Gasteiger partial charge in [0.25, 0.3) is 5.69 Å². The van der Waals surface area contributed by atoms with Gasteiger partial charge in [0.2, 0.25) is 6.10 Å². The van der Waals surface area contributed by atoms with Gasteiger partial charge in [0, 0.05) is 6.07 Å². The molecule has 0 spiro atoms. The average molecular weight is 299 g/mol. The molecule has 0 heterocycles. The minimum atomic E-state index is -2.51. The number of nitro benzene ring substituents is 1. The molecule has 0 amide bonds. The van der Waals surface area contributed by atoms with E-state index in [1.807, 2.05) is 0 Å². The third-order valence-corrected chi connectivity index (χ3v) is 2.34. The molecule has 0 fully saturated rings. The molecule has 0 aliphatic heterocycles. The van der Waals surface area contributed by atoms with Gasteiger partial charge in [0.05, 0.1) is 4.92 Å². The molecule has 0 aromatic heterocycles. The second kappa shape index (κ2) is 6.43. The number of esters is 1. The van der Waals surface area contributed by atoms with E-state index in [1.165, 1.54) is 12.1 Å². The first kappa shape index (κ1) is 16.0. The van der Waals surface area contributed by atoms with Gasteiger partial charge in [-0.15, -0.1) is 0 Å². The number of hydrogen-bond acceptors (Lipinski definition) is 7. The number of rotatable bonds is 6. The molecule has 2 atom stereocenters. The molecular weight excluding hydrogens is 290 g/mol. The fourth-order valence-electron chi connectivity index (χ4n) is 1.36. The van der Waals surface area contributed by atoms with Crippen LogP contribution in [0.5, 0.6) is 0 Å². The van der Waals surface area contributed by atoms with E-state index in [4.69, 9.17) is 15.3 Å². The van der Waals surface area contributed by atoms with Crippen LogP contribution < -0.4 is 0 Å². The van der Waals surface area contributed by atoms with Gasteiger partial charge in [0.15, 0.2) is 6.10 Å². The quantitative estimate of drug-likeness (QED) is 0.361. The predicted molar refractivity (Wildman–Crippen MR) is 63.6 cm³/mol. The summed E-state index contributed by atoms with van der Waals surface area (Å²) in [6.07, 6.45) is -4.90. The Morgan fingerprint density at radius 1 is 1.14 bits per heavy atom. The summed E-state index contributed by atoms with van der Waals surface area (Å²) in [5.41, 5.74) is -1.21. The number of carbonyl (C=O) groups excluding carboxylic acids is 1. The van der Waals surface area contributed by atoms with E-state index in [0.29, 0.717) is 0 Å². The summed E-state index contributed by atoms with van der Waals surface area (Å²) >= 11 is 0. The Hall–Kier alpha value is -3.01. The number of nitrogens with zero attached hydrogens (tertiary/aromatic N) is 1. The maximum Gasteiger partial charge on any atom is 0.348 e. The van der Waals surface area contributed by atoms with Crippen LogP contribution in [-0.4, -0.2) is 50.4 Å². The molecule has 0 bridgehead atoms. The lowest BCUT2D eigenvalue weighted by atomic mass is 10.1. The normalized spacial score (nSPS) is 13.0. The molecule has 0 radical (unpaired) electrons. The van der Waals surface area contributed by atoms with E-state index < -0.39 is 46.3 Å². The third-order valence-electron chi connectivity index (χ3n) is 2.34. The van der Waals surface area contributed by atoms with Crippen LogP contribution in [0.25, 0.3) is 0 Å². The highest BCUT2D eigenvalue weighted by molar-refractivity contribution is 5.96. The smallest absolute Gasteiger partial charge is 0.348 e. The molecule has 0 aliphatic carbocycles. The Morgan fingerprint density at radius 3 is 2.19 bits per heavy atom. The van der Waals surface area contributed by atoms with Crippen LogP contribution in [0.15, 0.2) is 24.3 Å². The highest BCUT2D eigenvalue weighted by Crippen LogP contribution is 2.19. The highest BCUT2D eigenvalue weighted by Gasteiger charge is 2.37. The molecule has 10 nitrogen and oxygen atoms in total. The van der Waals surface area contributed by atoms with Crippen LogP contribution in [0.2, 0.25) is 0 Å². The first-order chi connectivity index (χ1) is 9.75. The van der Waals surface area contributed by atoms with Crippen molar-refractivity contribution < 1.29 is 39.4 Å². The largest absolute Gasteiger partial charge is 0.479 e. The summed E-state index contributed by atoms with van der Waals surface area (Å²) in [5.74, 6) is -5.26. The maximum absolute atomic E-state index is 11.7. The lowest BCUT2D eigenvalue weighted by Crippen LogP contribution is -2.43. The van der Waals surface area contributed by atoms with Gasteiger partial charge in [-0.25, -0.2) is 14.4 Å². The van der Waals surface area contributed by atoms with Gasteiger partial charge in [-0.1, -0.05) is 12.1 Å². The summed E-state index contributed by atoms with van der Waals surface area (Å²) in [6.45, 7) is 0. The Bertz CT molecular complexity index is 597. The van der Waals surface area contributed by atoms with Crippen molar-refractivity contribution in [2.24, 2.45) is 0 Å². The summed E-state index contributed by atoms with van der Waals surface area (Å²) in [5, 5.41) is 37.1. The number of aliphatic hydroxyl groups is 1. The topological polar surface area (TPSA) is 164 Å². The van der Waals surface area contributed by atoms with Crippen molar-refractivity contribution >= 4 is 23.6 Å². The summed E-state index contributed by atoms with van der Waals surface area (Å²) in [4.78, 5) is 42.9. The zero-order valence-electron chi connectivity index (χ0n) is 10.2. The number of ether oxygens (including phenoxy) is 1. The van der Waals surface area contributed by atoms with Crippen LogP contribution >= 0.6 is 0 Å². The first-order valence-electron chi connectivity index (χ1n) is 5.33. The molecule has 0 aliphatic rings. The van der Waals surface area contributed by atoms with Crippen LogP contribution in [0.3, 0.4) is 0 Å². The number of hydrogen-bond donors (Lipinski definition) is 3. The molecule has 21 heavy (non-hydrogen) atoms. The minimum absolute atomic E-state index is 0.564. The van der Waals surface area contributed by atoms with Gasteiger partial charge in [0.1, 0.15) is 5.56 Å². The van der Waals surface area contributed by atoms with Crippen LogP contribution in [0, 0.1) is 10.1 Å². The number of aliphatic carboxylic acids is 2. The van der Waals surface area contributed by atoms with Gasteiger partial charge >= 0.3 is 17.9 Å². The Morgan fingerprint density at radius 2 is 1.71 bits per heavy atom. The van der Waals surface area contributed by atoms with Crippen LogP contribution in [-0.2, 0) is 14.3 Å². The van der Waals surface area contributed by atoms with Crippen molar-refractivity contribution in [1.82, 2.24) is 0 Å². The van der Waals surface area contributed by atoms with E-state index in [2.05, 4.69) is 4.74 Å². The molecule has 10 heteroatoms. The lowest BCUT2D eigenvalue weighted by molar-refractivity contribution is -0.385. The Labute approximate surface area is 116 Å². The lowest BCUT2D eigenvalue weighted by Gasteiger charge is -2.16. The second-order valence-corrected chi connectivity index (χ2v) is 3.72. The molecular formula is C11H9NO9. The summed E-state index contributed by atoms with van der Waals surface area (Å²) in [7, 11) is 0. The van der Waals surface area contributed by atoms with Crippen LogP contribution in [0.1, 0.15) is 10.4 Å². The number of nitro groups is 1. The molecule has 0 saturated heterocycles. The van der Waals surface area contributed by atoms with E-state index in [0.717, 1.165) is 12.1 Å². The van der Waals surface area contributed by atoms with Gasteiger partial charge < -0.3 is 20.1 Å². The molecule has 0 saturated carbocycles. The first-order valence-corrected chi connectivity index (χ1v) is 5.33. The standard InChI is InChI=1S/C11H9NO9/c13-7(9(14)15)8(10(16)17)21-11(18)5-3-1-2-4-6(5)12(19)20/h1-4,7-8,13H,(H,14,15)(H,16,17). The minimum Gasteiger partial charge on any atom is -0.479 e. The van der Waals surface area contributed by atoms with E-state index in [-0.39, 0.29) is 0 Å². The van der Waals surface area contributed by atoms with Crippen LogP contribution in [0.4, 0.5) is 5.69 Å². The SMILES string of the molecule is O=C(OC(C(=O)O)C(O)C(=O)O)c1ccccc1[N+](=O)[O-]. The van der Waals surface area contributed by atoms with Crippen molar-refractivity contribution in [3.63, 3.8) is 0 Å². The van der Waals surface area contributed by atoms with Crippen molar-refractivity contribution in [3.05, 3.63) is 39.9 Å². The second-order valence-electron chi connectivity index (χ2n) is 3.72. The predicted octanol–water partition coefficient (Wildman–Crippen LogP) is -0.350. The zero-order chi connectivity index (χ0) is 16.2. The molecule has 112 valence electrons. The number of carbonyl (C=O) groups is 3. The van der Waals surface area contributed by atoms with Gasteiger partial charge in [-0.05, 0) is 6.07 Å². The zero-order valence-corrected chi connectivity index (χ0v) is 10.2. The fourth-order valence-corrected chi connectivity index (χ4v) is 1.36. The van der Waals surface area contributed by atoms with E-state index in [9.17, 15) is 24.5 Å². The summed E-state index contributed by atoms with van der Waals surface area (Å²) in [6, 6.07) is 4.54. The van der Waals surface area contributed by atoms with Crippen molar-refractivity contribution in [2.75, 3.05) is 0 Å². The van der Waals surface area contributed by atoms with Gasteiger partial charge in [-0.2, -0.15) is 0 Å². The van der Waals surface area contributed by atoms with Crippen molar-refractivity contribution in [1.29, 1.82) is 0 Å². The number of para-hydroxylation sites is 1. The van der Waals surface area contributed by atoms with Crippen molar-refractivity contribution in [2.45, 2.75) is 12.2 Å². The monoisotopic (exact) mass is 299 g/mol. The molecule has 1 rings (SSSR count). The van der Waals surface area contributed by atoms with E-state index in [1.54, 1.807) is 0 Å². The molecule has 3 N–H and O–H groups in total. The maximum atomic E-state index is 11.7. The van der Waals surface area contributed by atoms with Crippen molar-refractivity contribution in [3.8, 4) is 0 Å².